The van der Waals surface area contributed by atoms with E-state index in [2.05, 4.69) is 58.3 Å². The first-order chi connectivity index (χ1) is 15.3. The number of fused-ring (bicyclic) bond motifs is 1. The Morgan fingerprint density at radius 2 is 1.55 bits per heavy atom. The highest BCUT2D eigenvalue weighted by Crippen LogP contribution is 2.28. The van der Waals surface area contributed by atoms with E-state index in [1.165, 1.54) is 5.69 Å². The maximum atomic E-state index is 6.13. The number of rotatable bonds is 5. The largest absolute Gasteiger partial charge is 0.487 e. The summed E-state index contributed by atoms with van der Waals surface area (Å²) in [6.07, 6.45) is 0. The summed E-state index contributed by atoms with van der Waals surface area (Å²) in [5.41, 5.74) is 3.22. The lowest BCUT2D eigenvalue weighted by Gasteiger charge is -2.36. The number of ether oxygens (including phenoxy) is 1. The molecule has 0 aliphatic carbocycles. The van der Waals surface area contributed by atoms with Crippen molar-refractivity contribution in [3.8, 4) is 5.75 Å². The quantitative estimate of drug-likeness (QED) is 0.401. The van der Waals surface area contributed by atoms with Crippen LogP contribution in [0.1, 0.15) is 5.56 Å². The molecule has 31 heavy (non-hydrogen) atoms. The third kappa shape index (κ3) is 4.44. The SMILES string of the molecule is Clc1cccc(COc2cccc3ccc(N4CCN(c5ccccc5)CC4)nc23)c1. The van der Waals surface area contributed by atoms with E-state index in [0.29, 0.717) is 11.6 Å². The fraction of sp³-hybridized carbons (Fsp3) is 0.192. The van der Waals surface area contributed by atoms with Crippen molar-refractivity contribution in [1.29, 1.82) is 0 Å². The number of pyridine rings is 1. The van der Waals surface area contributed by atoms with Crippen LogP contribution in [0, 0.1) is 0 Å². The molecule has 156 valence electrons. The van der Waals surface area contributed by atoms with Gasteiger partial charge in [0, 0.05) is 42.3 Å². The number of piperazine rings is 1. The van der Waals surface area contributed by atoms with Crippen molar-refractivity contribution in [2.24, 2.45) is 0 Å². The van der Waals surface area contributed by atoms with Crippen LogP contribution in [-0.4, -0.2) is 31.2 Å². The molecule has 5 rings (SSSR count). The first-order valence-electron chi connectivity index (χ1n) is 10.6. The minimum absolute atomic E-state index is 0.460. The molecule has 1 aliphatic heterocycles. The molecule has 0 unspecified atom stereocenters. The maximum absolute atomic E-state index is 6.13. The second-order valence-corrected chi connectivity index (χ2v) is 8.16. The number of halogens is 1. The zero-order valence-corrected chi connectivity index (χ0v) is 18.0. The van der Waals surface area contributed by atoms with Crippen molar-refractivity contribution in [2.75, 3.05) is 36.0 Å². The zero-order valence-electron chi connectivity index (χ0n) is 17.2. The van der Waals surface area contributed by atoms with Crippen molar-refractivity contribution < 1.29 is 4.74 Å². The first-order valence-corrected chi connectivity index (χ1v) is 11.0. The Balaban J connectivity index is 1.33. The summed E-state index contributed by atoms with van der Waals surface area (Å²) in [7, 11) is 0. The van der Waals surface area contributed by atoms with Gasteiger partial charge in [-0.25, -0.2) is 4.98 Å². The summed E-state index contributed by atoms with van der Waals surface area (Å²) in [6.45, 7) is 4.31. The molecule has 0 atom stereocenters. The average Bonchev–Trinajstić information content (AvgIpc) is 2.83. The van der Waals surface area contributed by atoms with Crippen LogP contribution in [0.15, 0.2) is 84.9 Å². The Hall–Kier alpha value is -3.24. The Morgan fingerprint density at radius 1 is 0.774 bits per heavy atom. The van der Waals surface area contributed by atoms with Crippen LogP contribution in [0.2, 0.25) is 5.02 Å². The van der Waals surface area contributed by atoms with Gasteiger partial charge in [-0.2, -0.15) is 0 Å². The Labute approximate surface area is 187 Å². The third-order valence-electron chi connectivity index (χ3n) is 5.68. The molecule has 0 spiro atoms. The number of para-hydroxylation sites is 2. The van der Waals surface area contributed by atoms with E-state index < -0.39 is 0 Å². The van der Waals surface area contributed by atoms with E-state index in [0.717, 1.165) is 54.2 Å². The van der Waals surface area contributed by atoms with Gasteiger partial charge in [0.25, 0.3) is 0 Å². The highest BCUT2D eigenvalue weighted by molar-refractivity contribution is 6.30. The van der Waals surface area contributed by atoms with Crippen LogP contribution in [0.3, 0.4) is 0 Å². The fourth-order valence-corrected chi connectivity index (χ4v) is 4.24. The fourth-order valence-electron chi connectivity index (χ4n) is 4.02. The van der Waals surface area contributed by atoms with Gasteiger partial charge in [0.15, 0.2) is 0 Å². The number of anilines is 2. The molecule has 0 N–H and O–H groups in total. The molecule has 1 fully saturated rings. The third-order valence-corrected chi connectivity index (χ3v) is 5.91. The molecule has 1 saturated heterocycles. The summed E-state index contributed by atoms with van der Waals surface area (Å²) in [5, 5.41) is 1.80. The highest BCUT2D eigenvalue weighted by Gasteiger charge is 2.19. The summed E-state index contributed by atoms with van der Waals surface area (Å²) in [6, 6.07) is 28.7. The minimum atomic E-state index is 0.460. The first kappa shape index (κ1) is 19.7. The number of hydrogen-bond donors (Lipinski definition) is 0. The van der Waals surface area contributed by atoms with Crippen molar-refractivity contribution >= 4 is 34.0 Å². The predicted octanol–water partition coefficient (Wildman–Crippen LogP) is 5.79. The van der Waals surface area contributed by atoms with E-state index in [4.69, 9.17) is 21.3 Å². The van der Waals surface area contributed by atoms with E-state index in [1.54, 1.807) is 0 Å². The van der Waals surface area contributed by atoms with Crippen molar-refractivity contribution in [3.63, 3.8) is 0 Å². The second-order valence-electron chi connectivity index (χ2n) is 7.73. The standard InChI is InChI=1S/C26H24ClN3O/c27-22-8-4-6-20(18-22)19-31-24-11-5-7-21-12-13-25(28-26(21)24)30-16-14-29(15-17-30)23-9-2-1-3-10-23/h1-13,18H,14-17,19H2. The summed E-state index contributed by atoms with van der Waals surface area (Å²) in [4.78, 5) is 9.76. The molecule has 0 radical (unpaired) electrons. The molecule has 2 heterocycles. The summed E-state index contributed by atoms with van der Waals surface area (Å²) < 4.78 is 6.13. The van der Waals surface area contributed by atoms with E-state index in [-0.39, 0.29) is 0 Å². The molecular formula is C26H24ClN3O. The van der Waals surface area contributed by atoms with Gasteiger partial charge >= 0.3 is 0 Å². The topological polar surface area (TPSA) is 28.6 Å². The van der Waals surface area contributed by atoms with Gasteiger partial charge in [-0.1, -0.05) is 54.1 Å². The van der Waals surface area contributed by atoms with E-state index in [1.807, 2.05) is 36.4 Å². The molecule has 1 aliphatic rings. The molecule has 4 aromatic rings. The van der Waals surface area contributed by atoms with Gasteiger partial charge in [-0.3, -0.25) is 0 Å². The normalized spacial score (nSPS) is 14.1. The van der Waals surface area contributed by atoms with Crippen LogP contribution in [0.4, 0.5) is 11.5 Å². The van der Waals surface area contributed by atoms with Crippen LogP contribution in [0.25, 0.3) is 10.9 Å². The highest BCUT2D eigenvalue weighted by atomic mass is 35.5. The molecule has 5 heteroatoms. The van der Waals surface area contributed by atoms with Crippen LogP contribution < -0.4 is 14.5 Å². The van der Waals surface area contributed by atoms with Gasteiger partial charge in [-0.05, 0) is 48.0 Å². The Kier molecular flexibility index (Phi) is 5.63. The summed E-state index contributed by atoms with van der Waals surface area (Å²) in [5.74, 6) is 1.79. The van der Waals surface area contributed by atoms with Crippen molar-refractivity contribution in [3.05, 3.63) is 95.5 Å². The molecular weight excluding hydrogens is 406 g/mol. The number of benzene rings is 3. The molecule has 4 nitrogen and oxygen atoms in total. The van der Waals surface area contributed by atoms with E-state index in [9.17, 15) is 0 Å². The lowest BCUT2D eigenvalue weighted by atomic mass is 10.2. The molecule has 0 bridgehead atoms. The van der Waals surface area contributed by atoms with Gasteiger partial charge < -0.3 is 14.5 Å². The zero-order chi connectivity index (χ0) is 21.0. The van der Waals surface area contributed by atoms with Crippen molar-refractivity contribution in [2.45, 2.75) is 6.61 Å². The number of nitrogens with zero attached hydrogens (tertiary/aromatic N) is 3. The van der Waals surface area contributed by atoms with Crippen LogP contribution >= 0.6 is 11.6 Å². The van der Waals surface area contributed by atoms with Crippen LogP contribution in [-0.2, 0) is 6.61 Å². The Bertz CT molecular complexity index is 1170. The number of hydrogen-bond acceptors (Lipinski definition) is 4. The Morgan fingerprint density at radius 3 is 2.35 bits per heavy atom. The molecule has 0 saturated carbocycles. The van der Waals surface area contributed by atoms with E-state index >= 15 is 0 Å². The maximum Gasteiger partial charge on any atom is 0.146 e. The predicted molar refractivity (Wildman–Crippen MR) is 128 cm³/mol. The second kappa shape index (κ2) is 8.86. The van der Waals surface area contributed by atoms with Gasteiger partial charge in [0.05, 0.1) is 0 Å². The van der Waals surface area contributed by atoms with Crippen molar-refractivity contribution in [1.82, 2.24) is 4.98 Å². The minimum Gasteiger partial charge on any atom is -0.487 e. The molecule has 0 amide bonds. The van der Waals surface area contributed by atoms with Gasteiger partial charge in [0.2, 0.25) is 0 Å². The lowest BCUT2D eigenvalue weighted by Crippen LogP contribution is -2.46. The molecule has 1 aromatic heterocycles. The van der Waals surface area contributed by atoms with Gasteiger partial charge in [0.1, 0.15) is 23.7 Å². The van der Waals surface area contributed by atoms with Crippen LogP contribution in [0.5, 0.6) is 5.75 Å². The monoisotopic (exact) mass is 429 g/mol. The average molecular weight is 430 g/mol. The lowest BCUT2D eigenvalue weighted by molar-refractivity contribution is 0.309. The molecule has 3 aromatic carbocycles. The summed E-state index contributed by atoms with van der Waals surface area (Å²) >= 11 is 6.10. The number of aromatic nitrogens is 1. The smallest absolute Gasteiger partial charge is 0.146 e. The van der Waals surface area contributed by atoms with Gasteiger partial charge in [-0.15, -0.1) is 0 Å².